The molecule has 0 aliphatic carbocycles. The van der Waals surface area contributed by atoms with E-state index in [1.54, 1.807) is 6.07 Å². The number of hydrogen-bond acceptors (Lipinski definition) is 4. The standard InChI is InChI=1S/C14H13FN2O4/c1-7-9(15)4-8(6-16)5-10(7)17-13(18)11-2-3-12(21-11)14(19)20/h4-5,11-12H,2-3H2,1H3,(H,17,18)(H,19,20). The molecule has 2 unspecified atom stereocenters. The number of ether oxygens (including phenoxy) is 1. The lowest BCUT2D eigenvalue weighted by Gasteiger charge is -2.14. The van der Waals surface area contributed by atoms with Crippen LogP contribution < -0.4 is 5.32 Å². The van der Waals surface area contributed by atoms with Crippen molar-refractivity contribution in [1.29, 1.82) is 5.26 Å². The molecule has 0 spiro atoms. The zero-order valence-corrected chi connectivity index (χ0v) is 11.2. The molecule has 0 saturated carbocycles. The van der Waals surface area contributed by atoms with Crippen molar-refractivity contribution in [1.82, 2.24) is 0 Å². The highest BCUT2D eigenvalue weighted by Crippen LogP contribution is 2.24. The molecule has 0 bridgehead atoms. The molecule has 2 rings (SSSR count). The Morgan fingerprint density at radius 3 is 2.67 bits per heavy atom. The van der Waals surface area contributed by atoms with Gasteiger partial charge in [0.2, 0.25) is 0 Å². The molecule has 1 aromatic carbocycles. The summed E-state index contributed by atoms with van der Waals surface area (Å²) in [6.45, 7) is 1.47. The summed E-state index contributed by atoms with van der Waals surface area (Å²) in [5.41, 5.74) is 0.471. The fourth-order valence-electron chi connectivity index (χ4n) is 2.10. The fourth-order valence-corrected chi connectivity index (χ4v) is 2.10. The van der Waals surface area contributed by atoms with Gasteiger partial charge in [-0.1, -0.05) is 0 Å². The normalized spacial score (nSPS) is 20.8. The van der Waals surface area contributed by atoms with Gasteiger partial charge < -0.3 is 15.2 Å². The molecule has 1 aliphatic heterocycles. The number of carboxylic acid groups (broad SMARTS) is 1. The van der Waals surface area contributed by atoms with Gasteiger partial charge in [0.15, 0.2) is 6.10 Å². The Bertz CT molecular complexity index is 639. The first-order chi connectivity index (χ1) is 9.92. The number of rotatable bonds is 3. The van der Waals surface area contributed by atoms with E-state index in [0.717, 1.165) is 6.07 Å². The number of anilines is 1. The van der Waals surface area contributed by atoms with E-state index in [0.29, 0.717) is 0 Å². The van der Waals surface area contributed by atoms with Crippen LogP contribution in [0, 0.1) is 24.1 Å². The first-order valence-electron chi connectivity index (χ1n) is 6.31. The maximum Gasteiger partial charge on any atom is 0.332 e. The number of nitriles is 1. The number of aliphatic carboxylic acids is 1. The molecule has 110 valence electrons. The second-order valence-electron chi connectivity index (χ2n) is 4.76. The molecule has 0 radical (unpaired) electrons. The maximum atomic E-state index is 13.6. The van der Waals surface area contributed by atoms with Gasteiger partial charge in [0.25, 0.3) is 5.91 Å². The number of benzene rings is 1. The minimum Gasteiger partial charge on any atom is -0.479 e. The lowest BCUT2D eigenvalue weighted by molar-refractivity contribution is -0.150. The van der Waals surface area contributed by atoms with Crippen molar-refractivity contribution in [3.8, 4) is 6.07 Å². The highest BCUT2D eigenvalue weighted by atomic mass is 19.1. The highest BCUT2D eigenvalue weighted by molar-refractivity contribution is 5.95. The van der Waals surface area contributed by atoms with Crippen molar-refractivity contribution in [3.63, 3.8) is 0 Å². The Labute approximate surface area is 120 Å². The van der Waals surface area contributed by atoms with Crippen LogP contribution in [0.2, 0.25) is 0 Å². The van der Waals surface area contributed by atoms with E-state index in [4.69, 9.17) is 15.1 Å². The SMILES string of the molecule is Cc1c(F)cc(C#N)cc1NC(=O)C1CCC(C(=O)O)O1. The average molecular weight is 292 g/mol. The number of amides is 1. The molecule has 2 atom stereocenters. The number of nitrogens with zero attached hydrogens (tertiary/aromatic N) is 1. The van der Waals surface area contributed by atoms with E-state index in [1.807, 2.05) is 0 Å². The van der Waals surface area contributed by atoms with Gasteiger partial charge in [-0.25, -0.2) is 9.18 Å². The third kappa shape index (κ3) is 3.17. The molecule has 1 aromatic rings. The van der Waals surface area contributed by atoms with Gasteiger partial charge >= 0.3 is 5.97 Å². The molecular weight excluding hydrogens is 279 g/mol. The first-order valence-corrected chi connectivity index (χ1v) is 6.31. The van der Waals surface area contributed by atoms with Crippen LogP contribution in [0.1, 0.15) is 24.0 Å². The average Bonchev–Trinajstić information content (AvgIpc) is 2.93. The van der Waals surface area contributed by atoms with Gasteiger partial charge in [-0.2, -0.15) is 5.26 Å². The molecule has 1 amide bonds. The van der Waals surface area contributed by atoms with Crippen LogP contribution in [0.5, 0.6) is 0 Å². The number of carboxylic acids is 1. The van der Waals surface area contributed by atoms with Gasteiger partial charge in [-0.3, -0.25) is 4.79 Å². The maximum absolute atomic E-state index is 13.6. The highest BCUT2D eigenvalue weighted by Gasteiger charge is 2.34. The summed E-state index contributed by atoms with van der Waals surface area (Å²) < 4.78 is 18.7. The van der Waals surface area contributed by atoms with Crippen LogP contribution >= 0.6 is 0 Å². The van der Waals surface area contributed by atoms with Gasteiger partial charge in [-0.15, -0.1) is 0 Å². The predicted octanol–water partition coefficient (Wildman–Crippen LogP) is 1.58. The topological polar surface area (TPSA) is 99.4 Å². The van der Waals surface area contributed by atoms with Crippen molar-refractivity contribution in [2.24, 2.45) is 0 Å². The monoisotopic (exact) mass is 292 g/mol. The van der Waals surface area contributed by atoms with Crippen molar-refractivity contribution in [2.45, 2.75) is 32.0 Å². The summed E-state index contributed by atoms with van der Waals surface area (Å²) in [4.78, 5) is 22.8. The molecule has 21 heavy (non-hydrogen) atoms. The fraction of sp³-hybridized carbons (Fsp3) is 0.357. The molecular formula is C14H13FN2O4. The van der Waals surface area contributed by atoms with Crippen LogP contribution in [0.3, 0.4) is 0 Å². The van der Waals surface area contributed by atoms with Gasteiger partial charge in [-0.05, 0) is 31.9 Å². The molecule has 1 aliphatic rings. The lowest BCUT2D eigenvalue weighted by Crippen LogP contribution is -2.30. The van der Waals surface area contributed by atoms with Crippen LogP contribution in [0.4, 0.5) is 10.1 Å². The number of hydrogen-bond donors (Lipinski definition) is 2. The van der Waals surface area contributed by atoms with Crippen LogP contribution in [0.15, 0.2) is 12.1 Å². The number of nitrogens with one attached hydrogen (secondary N) is 1. The largest absolute Gasteiger partial charge is 0.479 e. The van der Waals surface area contributed by atoms with Crippen LogP contribution in [0.25, 0.3) is 0 Å². The molecule has 1 saturated heterocycles. The molecule has 0 aromatic heterocycles. The van der Waals surface area contributed by atoms with Crippen LogP contribution in [-0.4, -0.2) is 29.2 Å². The Morgan fingerprint density at radius 2 is 2.10 bits per heavy atom. The third-order valence-corrected chi connectivity index (χ3v) is 3.32. The van der Waals surface area contributed by atoms with Gasteiger partial charge in [0.05, 0.1) is 11.6 Å². The zero-order valence-electron chi connectivity index (χ0n) is 11.2. The van der Waals surface area contributed by atoms with E-state index in [1.165, 1.54) is 13.0 Å². The minimum atomic E-state index is -1.11. The summed E-state index contributed by atoms with van der Waals surface area (Å²) in [5, 5.41) is 20.1. The number of carbonyl (C=O) groups is 2. The third-order valence-electron chi connectivity index (χ3n) is 3.32. The summed E-state index contributed by atoms with van der Waals surface area (Å²) >= 11 is 0. The zero-order chi connectivity index (χ0) is 15.6. The Kier molecular flexibility index (Phi) is 4.19. The van der Waals surface area contributed by atoms with Crippen molar-refractivity contribution < 1.29 is 23.8 Å². The van der Waals surface area contributed by atoms with E-state index in [9.17, 15) is 14.0 Å². The summed E-state index contributed by atoms with van der Waals surface area (Å²) in [6.07, 6.45) is -1.36. The lowest BCUT2D eigenvalue weighted by atomic mass is 10.1. The van der Waals surface area contributed by atoms with Crippen molar-refractivity contribution in [2.75, 3.05) is 5.32 Å². The second-order valence-corrected chi connectivity index (χ2v) is 4.76. The van der Waals surface area contributed by atoms with E-state index in [2.05, 4.69) is 5.32 Å². The summed E-state index contributed by atoms with van der Waals surface area (Å²) in [5.74, 6) is -2.25. The first kappa shape index (κ1) is 14.9. The molecule has 6 nitrogen and oxygen atoms in total. The Hall–Kier alpha value is -2.46. The van der Waals surface area contributed by atoms with E-state index in [-0.39, 0.29) is 29.7 Å². The molecule has 1 heterocycles. The second kappa shape index (κ2) is 5.89. The Balaban J connectivity index is 2.12. The number of carbonyl (C=O) groups excluding carboxylic acids is 1. The van der Waals surface area contributed by atoms with Crippen LogP contribution in [-0.2, 0) is 14.3 Å². The summed E-state index contributed by atoms with van der Waals surface area (Å²) in [6, 6.07) is 4.24. The summed E-state index contributed by atoms with van der Waals surface area (Å²) in [7, 11) is 0. The quantitative estimate of drug-likeness (QED) is 0.881. The van der Waals surface area contributed by atoms with Crippen molar-refractivity contribution in [3.05, 3.63) is 29.1 Å². The minimum absolute atomic E-state index is 0.0872. The van der Waals surface area contributed by atoms with Gasteiger partial charge in [0.1, 0.15) is 11.9 Å². The predicted molar refractivity (Wildman–Crippen MR) is 70.0 cm³/mol. The van der Waals surface area contributed by atoms with E-state index >= 15 is 0 Å². The molecule has 7 heteroatoms. The Morgan fingerprint density at radius 1 is 1.43 bits per heavy atom. The molecule has 1 fully saturated rings. The van der Waals surface area contributed by atoms with E-state index < -0.39 is 29.9 Å². The smallest absolute Gasteiger partial charge is 0.332 e. The molecule has 2 N–H and O–H groups in total. The van der Waals surface area contributed by atoms with Gasteiger partial charge in [0, 0.05) is 11.3 Å². The van der Waals surface area contributed by atoms with Crippen molar-refractivity contribution >= 4 is 17.6 Å². The number of halogens is 1.